The number of nitrogens with zero attached hydrogens (tertiary/aromatic N) is 3. The van der Waals surface area contributed by atoms with Gasteiger partial charge in [-0.1, -0.05) is 141 Å². The monoisotopic (exact) mass is 682 g/mol. The number of para-hydroxylation sites is 2. The number of benzene rings is 7. The molecule has 2 aliphatic rings. The van der Waals surface area contributed by atoms with Gasteiger partial charge in [-0.2, -0.15) is 0 Å². The van der Waals surface area contributed by atoms with Crippen molar-refractivity contribution < 1.29 is 4.42 Å². The van der Waals surface area contributed by atoms with Crippen LogP contribution in [0.1, 0.15) is 47.8 Å². The quantitative estimate of drug-likeness (QED) is 0.201. The number of furan rings is 1. The van der Waals surface area contributed by atoms with Crippen molar-refractivity contribution >= 4 is 55.4 Å². The Bertz CT molecular complexity index is 2980. The molecule has 5 nitrogen and oxygen atoms in total. The Morgan fingerprint density at radius 1 is 0.623 bits per heavy atom. The van der Waals surface area contributed by atoms with Gasteiger partial charge in [-0.25, -0.2) is 9.98 Å². The van der Waals surface area contributed by atoms with Crippen LogP contribution in [0.3, 0.4) is 0 Å². The molecule has 2 aromatic heterocycles. The fourth-order valence-corrected chi connectivity index (χ4v) is 8.76. The lowest BCUT2D eigenvalue weighted by molar-refractivity contribution is 0.620. The molecule has 1 aliphatic carbocycles. The fourth-order valence-electron chi connectivity index (χ4n) is 8.76. The number of hydrogen-bond donors (Lipinski definition) is 1. The Balaban J connectivity index is 1.09. The maximum Gasteiger partial charge on any atom is 0.159 e. The molecule has 252 valence electrons. The molecule has 0 amide bonds. The molecule has 0 saturated carbocycles. The first-order valence-electron chi connectivity index (χ1n) is 18.2. The first-order chi connectivity index (χ1) is 26.0. The highest BCUT2D eigenvalue weighted by molar-refractivity contribution is 6.18. The van der Waals surface area contributed by atoms with Crippen LogP contribution >= 0.6 is 0 Å². The summed E-state index contributed by atoms with van der Waals surface area (Å²) in [5.41, 5.74) is 13.3. The first kappa shape index (κ1) is 30.0. The van der Waals surface area contributed by atoms with E-state index in [1.54, 1.807) is 0 Å². The molecule has 3 heterocycles. The van der Waals surface area contributed by atoms with Crippen LogP contribution in [0.2, 0.25) is 0 Å². The Hall–Kier alpha value is -6.72. The summed E-state index contributed by atoms with van der Waals surface area (Å²) in [6, 6.07) is 55.7. The molecule has 0 bridgehead atoms. The van der Waals surface area contributed by atoms with Gasteiger partial charge in [0.05, 0.1) is 11.0 Å². The lowest BCUT2D eigenvalue weighted by Gasteiger charge is -2.24. The van der Waals surface area contributed by atoms with Crippen LogP contribution in [0, 0.1) is 0 Å². The number of amidine groups is 2. The van der Waals surface area contributed by atoms with Gasteiger partial charge >= 0.3 is 0 Å². The number of fused-ring (bicyclic) bond motifs is 11. The lowest BCUT2D eigenvalue weighted by atomic mass is 9.81. The van der Waals surface area contributed by atoms with Crippen molar-refractivity contribution in [3.63, 3.8) is 0 Å². The van der Waals surface area contributed by atoms with Gasteiger partial charge in [-0.15, -0.1) is 0 Å². The summed E-state index contributed by atoms with van der Waals surface area (Å²) in [5.74, 6) is 1.53. The van der Waals surface area contributed by atoms with E-state index in [2.05, 4.69) is 139 Å². The maximum atomic E-state index is 6.66. The van der Waals surface area contributed by atoms with Crippen molar-refractivity contribution in [1.29, 1.82) is 0 Å². The molecule has 0 fully saturated rings. The second-order valence-corrected chi connectivity index (χ2v) is 14.6. The standard InChI is InChI=1S/C48H34N4O/c1-48(2)38-28-27-35-33-17-9-11-19-39(33)52(43(35)41(38)37-26-25-36-34-18-10-12-20-40(34)53-44(36)42(37)48)32-23-21-31(22-24-32)47-50-45(29-13-5-3-6-14-29)49-46(51-47)30-15-7-4-8-16-30/h3-28,47H,1-2H3,(H,49,50,51). The van der Waals surface area contributed by atoms with E-state index < -0.39 is 0 Å². The van der Waals surface area contributed by atoms with Crippen LogP contribution < -0.4 is 5.32 Å². The highest BCUT2D eigenvalue weighted by atomic mass is 16.3. The highest BCUT2D eigenvalue weighted by Crippen LogP contribution is 2.55. The summed E-state index contributed by atoms with van der Waals surface area (Å²) in [6.07, 6.45) is -0.298. The molecule has 0 radical (unpaired) electrons. The number of aromatic nitrogens is 1. The molecular weight excluding hydrogens is 649 g/mol. The summed E-state index contributed by atoms with van der Waals surface area (Å²) in [7, 11) is 0. The van der Waals surface area contributed by atoms with Crippen molar-refractivity contribution in [2.75, 3.05) is 0 Å². The lowest BCUT2D eigenvalue weighted by Crippen LogP contribution is -2.33. The van der Waals surface area contributed by atoms with Crippen LogP contribution in [-0.2, 0) is 5.41 Å². The zero-order chi connectivity index (χ0) is 35.3. The van der Waals surface area contributed by atoms with E-state index in [1.807, 2.05) is 42.5 Å². The minimum atomic E-state index is -0.298. The molecule has 1 aliphatic heterocycles. The van der Waals surface area contributed by atoms with Crippen LogP contribution in [-0.4, -0.2) is 16.2 Å². The van der Waals surface area contributed by atoms with Crippen molar-refractivity contribution in [1.82, 2.24) is 9.88 Å². The third-order valence-electron chi connectivity index (χ3n) is 11.2. The van der Waals surface area contributed by atoms with Gasteiger partial charge in [-0.3, -0.25) is 0 Å². The Morgan fingerprint density at radius 3 is 2.09 bits per heavy atom. The molecule has 53 heavy (non-hydrogen) atoms. The minimum Gasteiger partial charge on any atom is -0.456 e. The van der Waals surface area contributed by atoms with E-state index in [4.69, 9.17) is 14.4 Å². The average Bonchev–Trinajstić information content (AvgIpc) is 3.84. The topological polar surface area (TPSA) is 54.8 Å². The van der Waals surface area contributed by atoms with E-state index in [9.17, 15) is 0 Å². The van der Waals surface area contributed by atoms with Crippen molar-refractivity contribution in [3.8, 4) is 16.8 Å². The van der Waals surface area contributed by atoms with Crippen LogP contribution in [0.25, 0.3) is 60.6 Å². The molecular formula is C48H34N4O. The number of hydrogen-bond acceptors (Lipinski definition) is 4. The largest absolute Gasteiger partial charge is 0.456 e. The molecule has 1 unspecified atom stereocenters. The summed E-state index contributed by atoms with van der Waals surface area (Å²) in [5, 5.41) is 8.43. The molecule has 11 rings (SSSR count). The molecule has 1 atom stereocenters. The molecule has 5 heteroatoms. The van der Waals surface area contributed by atoms with Gasteiger partial charge in [0.2, 0.25) is 0 Å². The SMILES string of the molecule is CC1(C)c2ccc3c4ccccc4n(-c4ccc(C5N=C(c6ccccc6)N=C(c6ccccc6)N5)cc4)c3c2-c2ccc3c(oc4ccccc43)c21. The van der Waals surface area contributed by atoms with Crippen molar-refractivity contribution in [2.24, 2.45) is 9.98 Å². The zero-order valence-corrected chi connectivity index (χ0v) is 29.3. The Kier molecular flexibility index (Phi) is 6.30. The van der Waals surface area contributed by atoms with E-state index in [1.165, 1.54) is 49.4 Å². The number of aliphatic imine (C=N–C) groups is 2. The molecule has 0 saturated heterocycles. The Labute approximate surface area is 306 Å². The van der Waals surface area contributed by atoms with E-state index in [-0.39, 0.29) is 11.6 Å². The van der Waals surface area contributed by atoms with Gasteiger partial charge in [0.15, 0.2) is 5.84 Å². The molecule has 9 aromatic rings. The Morgan fingerprint density at radius 2 is 1.30 bits per heavy atom. The second kappa shape index (κ2) is 11.1. The minimum absolute atomic E-state index is 0.253. The predicted molar refractivity (Wildman–Crippen MR) is 217 cm³/mol. The van der Waals surface area contributed by atoms with Crippen LogP contribution in [0.15, 0.2) is 172 Å². The van der Waals surface area contributed by atoms with Gasteiger partial charge in [0, 0.05) is 54.9 Å². The fraction of sp³-hybridized carbons (Fsp3) is 0.0833. The third kappa shape index (κ3) is 4.37. The normalized spacial score (nSPS) is 16.1. The van der Waals surface area contributed by atoms with Gasteiger partial charge in [0.1, 0.15) is 23.2 Å². The van der Waals surface area contributed by atoms with E-state index >= 15 is 0 Å². The third-order valence-corrected chi connectivity index (χ3v) is 11.2. The summed E-state index contributed by atoms with van der Waals surface area (Å²) in [4.78, 5) is 10.1. The van der Waals surface area contributed by atoms with Gasteiger partial charge < -0.3 is 14.3 Å². The van der Waals surface area contributed by atoms with Gasteiger partial charge in [-0.05, 0) is 47.0 Å². The highest BCUT2D eigenvalue weighted by Gasteiger charge is 2.40. The maximum absolute atomic E-state index is 6.66. The average molecular weight is 683 g/mol. The van der Waals surface area contributed by atoms with E-state index in [0.29, 0.717) is 0 Å². The molecule has 7 aromatic carbocycles. The van der Waals surface area contributed by atoms with Crippen molar-refractivity contribution in [2.45, 2.75) is 25.4 Å². The second-order valence-electron chi connectivity index (χ2n) is 14.6. The molecule has 0 spiro atoms. The zero-order valence-electron chi connectivity index (χ0n) is 29.3. The summed E-state index contributed by atoms with van der Waals surface area (Å²) >= 11 is 0. The van der Waals surface area contributed by atoms with Crippen LogP contribution in [0.4, 0.5) is 0 Å². The number of nitrogens with one attached hydrogen (secondary N) is 1. The predicted octanol–water partition coefficient (Wildman–Crippen LogP) is 11.5. The number of rotatable bonds is 4. The van der Waals surface area contributed by atoms with E-state index in [0.717, 1.165) is 50.6 Å². The summed E-state index contributed by atoms with van der Waals surface area (Å²) in [6.45, 7) is 4.68. The summed E-state index contributed by atoms with van der Waals surface area (Å²) < 4.78 is 9.11. The first-order valence-corrected chi connectivity index (χ1v) is 18.2. The smallest absolute Gasteiger partial charge is 0.159 e. The molecule has 1 N–H and O–H groups in total. The van der Waals surface area contributed by atoms with Crippen molar-refractivity contribution in [3.05, 3.63) is 186 Å². The van der Waals surface area contributed by atoms with Crippen LogP contribution in [0.5, 0.6) is 0 Å². The van der Waals surface area contributed by atoms with Gasteiger partial charge in [0.25, 0.3) is 0 Å².